The van der Waals surface area contributed by atoms with Crippen LogP contribution in [-0.2, 0) is 4.79 Å². The maximum Gasteiger partial charge on any atom is 0.228 e. The van der Waals surface area contributed by atoms with Crippen LogP contribution in [0.25, 0.3) is 0 Å². The highest BCUT2D eigenvalue weighted by atomic mass is 79.9. The van der Waals surface area contributed by atoms with Crippen molar-refractivity contribution in [1.82, 2.24) is 0 Å². The van der Waals surface area contributed by atoms with E-state index in [9.17, 15) is 4.79 Å². The van der Waals surface area contributed by atoms with Crippen molar-refractivity contribution in [2.75, 3.05) is 5.32 Å². The maximum absolute atomic E-state index is 12.4. The third-order valence-corrected chi connectivity index (χ3v) is 5.16. The summed E-state index contributed by atoms with van der Waals surface area (Å²) in [5, 5.41) is 3.16. The second kappa shape index (κ2) is 4.93. The first-order chi connectivity index (χ1) is 9.08. The van der Waals surface area contributed by atoms with Crippen molar-refractivity contribution in [1.29, 1.82) is 0 Å². The SMILES string of the molecule is Cc1cc(Br)cc(C)c1NC(=O)C1C2CCCCC21. The highest BCUT2D eigenvalue weighted by Gasteiger charge is 2.54. The van der Waals surface area contributed by atoms with E-state index in [1.807, 2.05) is 13.8 Å². The van der Waals surface area contributed by atoms with Crippen molar-refractivity contribution in [2.24, 2.45) is 17.8 Å². The minimum absolute atomic E-state index is 0.241. The molecule has 0 saturated heterocycles. The van der Waals surface area contributed by atoms with Gasteiger partial charge in [-0.3, -0.25) is 4.79 Å². The van der Waals surface area contributed by atoms with Gasteiger partial charge in [0.05, 0.1) is 0 Å². The van der Waals surface area contributed by atoms with E-state index in [2.05, 4.69) is 33.4 Å². The van der Waals surface area contributed by atoms with Gasteiger partial charge in [-0.15, -0.1) is 0 Å². The second-order valence-corrected chi connectivity index (χ2v) is 6.96. The van der Waals surface area contributed by atoms with Crippen LogP contribution in [0.3, 0.4) is 0 Å². The molecule has 1 aromatic carbocycles. The Morgan fingerprint density at radius 3 is 2.21 bits per heavy atom. The molecule has 2 nitrogen and oxygen atoms in total. The number of carbonyl (C=O) groups excluding carboxylic acids is 1. The van der Waals surface area contributed by atoms with Gasteiger partial charge in [-0.1, -0.05) is 28.8 Å². The lowest BCUT2D eigenvalue weighted by molar-refractivity contribution is -0.117. The zero-order valence-corrected chi connectivity index (χ0v) is 13.1. The van der Waals surface area contributed by atoms with Crippen LogP contribution in [0.15, 0.2) is 16.6 Å². The third-order valence-electron chi connectivity index (χ3n) is 4.70. The van der Waals surface area contributed by atoms with Gasteiger partial charge in [-0.25, -0.2) is 0 Å². The number of amides is 1. The Balaban J connectivity index is 1.74. The molecule has 2 saturated carbocycles. The lowest BCUT2D eigenvalue weighted by Gasteiger charge is -2.12. The molecule has 0 heterocycles. The van der Waals surface area contributed by atoms with Gasteiger partial charge in [0.15, 0.2) is 0 Å². The highest BCUT2D eigenvalue weighted by molar-refractivity contribution is 9.10. The summed E-state index contributed by atoms with van der Waals surface area (Å²) in [5.41, 5.74) is 3.25. The molecular formula is C16H20BrNO. The molecule has 2 unspecified atom stereocenters. The van der Waals surface area contributed by atoms with Crippen LogP contribution in [-0.4, -0.2) is 5.91 Å². The van der Waals surface area contributed by atoms with Gasteiger partial charge in [-0.2, -0.15) is 0 Å². The van der Waals surface area contributed by atoms with Crippen LogP contribution in [0.1, 0.15) is 36.8 Å². The standard InChI is InChI=1S/C16H20BrNO/c1-9-7-11(17)8-10(2)15(9)18-16(19)14-12-5-3-4-6-13(12)14/h7-8,12-14H,3-6H2,1-2H3,(H,18,19). The zero-order chi connectivity index (χ0) is 13.6. The number of hydrogen-bond acceptors (Lipinski definition) is 1. The molecule has 2 atom stereocenters. The molecule has 19 heavy (non-hydrogen) atoms. The summed E-state index contributed by atoms with van der Waals surface area (Å²) < 4.78 is 1.07. The van der Waals surface area contributed by atoms with Crippen molar-refractivity contribution in [3.8, 4) is 0 Å². The summed E-state index contributed by atoms with van der Waals surface area (Å²) in [4.78, 5) is 12.4. The van der Waals surface area contributed by atoms with Crippen LogP contribution >= 0.6 is 15.9 Å². The number of anilines is 1. The van der Waals surface area contributed by atoms with Gasteiger partial charge >= 0.3 is 0 Å². The zero-order valence-electron chi connectivity index (χ0n) is 11.5. The van der Waals surface area contributed by atoms with Crippen LogP contribution in [0.2, 0.25) is 0 Å². The molecule has 0 aromatic heterocycles. The summed E-state index contributed by atoms with van der Waals surface area (Å²) in [6, 6.07) is 4.12. The van der Waals surface area contributed by atoms with Gasteiger partial charge in [0.1, 0.15) is 0 Å². The van der Waals surface area contributed by atoms with Crippen molar-refractivity contribution < 1.29 is 4.79 Å². The minimum Gasteiger partial charge on any atom is -0.325 e. The van der Waals surface area contributed by atoms with E-state index in [1.54, 1.807) is 0 Å². The third kappa shape index (κ3) is 2.45. The fraction of sp³-hybridized carbons (Fsp3) is 0.562. The van der Waals surface area contributed by atoms with E-state index < -0.39 is 0 Å². The number of benzene rings is 1. The van der Waals surface area contributed by atoms with Gasteiger partial charge < -0.3 is 5.32 Å². The normalized spacial score (nSPS) is 28.7. The lowest BCUT2D eigenvalue weighted by atomic mass is 10.0. The predicted molar refractivity (Wildman–Crippen MR) is 81.2 cm³/mol. The van der Waals surface area contributed by atoms with Gasteiger partial charge in [0, 0.05) is 16.1 Å². The number of carbonyl (C=O) groups is 1. The van der Waals surface area contributed by atoms with Crippen LogP contribution in [0.4, 0.5) is 5.69 Å². The average Bonchev–Trinajstić information content (AvgIpc) is 3.07. The van der Waals surface area contributed by atoms with Gasteiger partial charge in [0.25, 0.3) is 0 Å². The summed E-state index contributed by atoms with van der Waals surface area (Å²) in [7, 11) is 0. The first kappa shape index (κ1) is 13.2. The predicted octanol–water partition coefficient (Wildman–Crippen LogP) is 4.44. The Bertz CT molecular complexity index is 490. The minimum atomic E-state index is 0.241. The molecule has 2 aliphatic rings. The molecular weight excluding hydrogens is 302 g/mol. The topological polar surface area (TPSA) is 29.1 Å². The van der Waals surface area contributed by atoms with Crippen molar-refractivity contribution >= 4 is 27.5 Å². The number of nitrogens with one attached hydrogen (secondary N) is 1. The van der Waals surface area contributed by atoms with Crippen LogP contribution in [0, 0.1) is 31.6 Å². The molecule has 1 amide bonds. The highest BCUT2D eigenvalue weighted by Crippen LogP contribution is 2.55. The molecule has 2 aliphatic carbocycles. The van der Waals surface area contributed by atoms with Crippen molar-refractivity contribution in [3.05, 3.63) is 27.7 Å². The first-order valence-corrected chi connectivity index (χ1v) is 7.95. The molecule has 0 bridgehead atoms. The fourth-order valence-corrected chi connectivity index (χ4v) is 4.38. The second-order valence-electron chi connectivity index (χ2n) is 6.04. The van der Waals surface area contributed by atoms with Crippen LogP contribution < -0.4 is 5.32 Å². The average molecular weight is 322 g/mol. The fourth-order valence-electron chi connectivity index (χ4n) is 3.70. The Hall–Kier alpha value is -0.830. The number of hydrogen-bond donors (Lipinski definition) is 1. The Morgan fingerprint density at radius 2 is 1.68 bits per heavy atom. The summed E-state index contributed by atoms with van der Waals surface area (Å²) in [6.07, 6.45) is 5.12. The quantitative estimate of drug-likeness (QED) is 0.857. The lowest BCUT2D eigenvalue weighted by Crippen LogP contribution is -2.17. The van der Waals surface area contributed by atoms with Gasteiger partial charge in [-0.05, 0) is 61.8 Å². The smallest absolute Gasteiger partial charge is 0.228 e. The number of rotatable bonds is 2. The van der Waals surface area contributed by atoms with E-state index in [4.69, 9.17) is 0 Å². The number of aryl methyl sites for hydroxylation is 2. The summed E-state index contributed by atoms with van der Waals surface area (Å²) in [6.45, 7) is 4.10. The Kier molecular flexibility index (Phi) is 3.42. The van der Waals surface area contributed by atoms with E-state index in [-0.39, 0.29) is 11.8 Å². The Labute approximate surface area is 123 Å². The number of halogens is 1. The van der Waals surface area contributed by atoms with Gasteiger partial charge in [0.2, 0.25) is 5.91 Å². The van der Waals surface area contributed by atoms with E-state index in [0.717, 1.165) is 21.3 Å². The number of fused-ring (bicyclic) bond motifs is 1. The van der Waals surface area contributed by atoms with Crippen molar-refractivity contribution in [3.63, 3.8) is 0 Å². The largest absolute Gasteiger partial charge is 0.325 e. The Morgan fingerprint density at radius 1 is 1.16 bits per heavy atom. The van der Waals surface area contributed by atoms with E-state index in [0.29, 0.717) is 11.8 Å². The molecule has 2 fully saturated rings. The maximum atomic E-state index is 12.4. The monoisotopic (exact) mass is 321 g/mol. The molecule has 102 valence electrons. The summed E-state index contributed by atoms with van der Waals surface area (Å²) in [5.74, 6) is 1.87. The molecule has 3 rings (SSSR count). The molecule has 0 radical (unpaired) electrons. The first-order valence-electron chi connectivity index (χ1n) is 7.15. The molecule has 1 aromatic rings. The molecule has 0 aliphatic heterocycles. The summed E-state index contributed by atoms with van der Waals surface area (Å²) >= 11 is 3.49. The molecule has 3 heteroatoms. The van der Waals surface area contributed by atoms with E-state index >= 15 is 0 Å². The molecule has 0 spiro atoms. The van der Waals surface area contributed by atoms with E-state index in [1.165, 1.54) is 25.7 Å². The molecule has 1 N–H and O–H groups in total. The van der Waals surface area contributed by atoms with Crippen molar-refractivity contribution in [2.45, 2.75) is 39.5 Å². The van der Waals surface area contributed by atoms with Crippen LogP contribution in [0.5, 0.6) is 0 Å².